The van der Waals surface area contributed by atoms with Gasteiger partial charge in [-0.1, -0.05) is 0 Å². The van der Waals surface area contributed by atoms with E-state index in [2.05, 4.69) is 4.74 Å². The Morgan fingerprint density at radius 1 is 0.625 bits per heavy atom. The third-order valence-corrected chi connectivity index (χ3v) is 2.83. The molecular formula is C18H24O6. The molecule has 0 unspecified atom stereocenters. The molecule has 24 heavy (non-hydrogen) atoms. The van der Waals surface area contributed by atoms with Crippen molar-refractivity contribution in [3.63, 3.8) is 0 Å². The number of ether oxygens (including phenoxy) is 4. The third kappa shape index (κ3) is 7.82. The van der Waals surface area contributed by atoms with E-state index >= 15 is 0 Å². The molecule has 0 radical (unpaired) electrons. The summed E-state index contributed by atoms with van der Waals surface area (Å²) in [5.74, 6) is 3.17. The minimum atomic E-state index is 0.0278. The molecule has 6 heteroatoms. The first-order chi connectivity index (χ1) is 11.7. The molecule has 0 aliphatic rings. The van der Waals surface area contributed by atoms with Crippen LogP contribution < -0.4 is 14.2 Å². The molecule has 0 amide bonds. The molecule has 0 fully saturated rings. The van der Waals surface area contributed by atoms with E-state index in [4.69, 9.17) is 24.4 Å². The first-order valence-corrected chi connectivity index (χ1v) is 7.49. The molecule has 0 bridgehead atoms. The fourth-order valence-corrected chi connectivity index (χ4v) is 1.65. The van der Waals surface area contributed by atoms with E-state index in [0.29, 0.717) is 13.2 Å². The highest BCUT2D eigenvalue weighted by molar-refractivity contribution is 5.37. The number of methoxy groups -OCH3 is 2. The zero-order valence-corrected chi connectivity index (χ0v) is 14.0. The van der Waals surface area contributed by atoms with Gasteiger partial charge in [-0.3, -0.25) is 0 Å². The molecule has 2 aromatic rings. The van der Waals surface area contributed by atoms with Crippen LogP contribution in [-0.4, -0.2) is 50.9 Å². The molecule has 0 saturated heterocycles. The van der Waals surface area contributed by atoms with Crippen LogP contribution in [0.2, 0.25) is 0 Å². The molecule has 2 N–H and O–H groups in total. The lowest BCUT2D eigenvalue weighted by Gasteiger charge is -2.07. The number of rotatable bonds is 8. The van der Waals surface area contributed by atoms with Crippen LogP contribution in [0.1, 0.15) is 0 Å². The van der Waals surface area contributed by atoms with Gasteiger partial charge in [0.05, 0.1) is 40.6 Å². The Morgan fingerprint density at radius 2 is 0.958 bits per heavy atom. The van der Waals surface area contributed by atoms with Gasteiger partial charge in [-0.2, -0.15) is 0 Å². The fraction of sp³-hybridized carbons (Fsp3) is 0.333. The van der Waals surface area contributed by atoms with Gasteiger partial charge in [0.1, 0.15) is 23.0 Å². The van der Waals surface area contributed by atoms with Gasteiger partial charge in [0.2, 0.25) is 0 Å². The molecule has 0 saturated carbocycles. The summed E-state index contributed by atoms with van der Waals surface area (Å²) in [5, 5.41) is 16.2. The van der Waals surface area contributed by atoms with Crippen molar-refractivity contribution < 1.29 is 29.2 Å². The lowest BCUT2D eigenvalue weighted by Crippen LogP contribution is -2.03. The number of aliphatic hydroxyl groups is 2. The average Bonchev–Trinajstić information content (AvgIpc) is 2.64. The van der Waals surface area contributed by atoms with Crippen LogP contribution in [0.3, 0.4) is 0 Å². The number of hydrogen-bond donors (Lipinski definition) is 2. The van der Waals surface area contributed by atoms with Gasteiger partial charge in [0.15, 0.2) is 0 Å². The number of hydrogen-bond acceptors (Lipinski definition) is 6. The summed E-state index contributed by atoms with van der Waals surface area (Å²) < 4.78 is 20.5. The van der Waals surface area contributed by atoms with E-state index in [1.165, 1.54) is 0 Å². The number of aliphatic hydroxyl groups excluding tert-OH is 2. The predicted molar refractivity (Wildman–Crippen MR) is 91.1 cm³/mol. The van der Waals surface area contributed by atoms with Crippen molar-refractivity contribution >= 4 is 0 Å². The summed E-state index contributed by atoms with van der Waals surface area (Å²) in [6.45, 7) is 0.696. The normalized spacial score (nSPS) is 9.67. The minimum absolute atomic E-state index is 0.0278. The maximum absolute atomic E-state index is 8.09. The van der Waals surface area contributed by atoms with E-state index in [-0.39, 0.29) is 13.2 Å². The van der Waals surface area contributed by atoms with Crippen LogP contribution in [0.25, 0.3) is 0 Å². The van der Waals surface area contributed by atoms with Crippen molar-refractivity contribution in [2.45, 2.75) is 0 Å². The Kier molecular flexibility index (Phi) is 10.0. The highest BCUT2D eigenvalue weighted by Gasteiger charge is 1.98. The van der Waals surface area contributed by atoms with Crippen LogP contribution in [0.5, 0.6) is 23.0 Å². The van der Waals surface area contributed by atoms with Crippen LogP contribution in [-0.2, 0) is 4.74 Å². The second-order valence-corrected chi connectivity index (χ2v) is 4.51. The molecule has 2 rings (SSSR count). The Hall–Kier alpha value is -2.28. The largest absolute Gasteiger partial charge is 0.497 e. The van der Waals surface area contributed by atoms with Gasteiger partial charge in [-0.25, -0.2) is 0 Å². The van der Waals surface area contributed by atoms with Gasteiger partial charge < -0.3 is 29.2 Å². The van der Waals surface area contributed by atoms with Crippen molar-refractivity contribution in [3.05, 3.63) is 48.5 Å². The van der Waals surface area contributed by atoms with Gasteiger partial charge in [-0.05, 0) is 48.5 Å². The quantitative estimate of drug-likeness (QED) is 0.721. The monoisotopic (exact) mass is 336 g/mol. The summed E-state index contributed by atoms with van der Waals surface area (Å²) in [6.07, 6.45) is 0. The molecule has 2 aromatic carbocycles. The van der Waals surface area contributed by atoms with E-state index in [9.17, 15) is 0 Å². The zero-order valence-electron chi connectivity index (χ0n) is 14.0. The molecule has 0 heterocycles. The van der Waals surface area contributed by atoms with E-state index < -0.39 is 0 Å². The standard InChI is InChI=1S/C14H14O3.C4H10O3/c1-15-11-3-7-13(8-4-11)17-14-9-5-12(16-2)6-10-14;5-1-3-7-4-2-6/h3-10H,1-2H3;5-6H,1-4H2. The van der Waals surface area contributed by atoms with Gasteiger partial charge in [0.25, 0.3) is 0 Å². The molecule has 0 atom stereocenters. The second kappa shape index (κ2) is 12.2. The van der Waals surface area contributed by atoms with Gasteiger partial charge >= 0.3 is 0 Å². The van der Waals surface area contributed by atoms with Crippen LogP contribution in [0.4, 0.5) is 0 Å². The highest BCUT2D eigenvalue weighted by atomic mass is 16.5. The number of benzene rings is 2. The smallest absolute Gasteiger partial charge is 0.127 e. The Bertz CT molecular complexity index is 489. The maximum Gasteiger partial charge on any atom is 0.127 e. The van der Waals surface area contributed by atoms with E-state index in [1.54, 1.807) is 14.2 Å². The summed E-state index contributed by atoms with van der Waals surface area (Å²) in [4.78, 5) is 0. The Morgan fingerprint density at radius 3 is 1.25 bits per heavy atom. The summed E-state index contributed by atoms with van der Waals surface area (Å²) in [6, 6.07) is 14.9. The van der Waals surface area contributed by atoms with Crippen molar-refractivity contribution in [2.75, 3.05) is 40.6 Å². The lowest BCUT2D eigenvalue weighted by atomic mass is 10.3. The van der Waals surface area contributed by atoms with Gasteiger partial charge in [-0.15, -0.1) is 0 Å². The van der Waals surface area contributed by atoms with Crippen molar-refractivity contribution in [1.82, 2.24) is 0 Å². The van der Waals surface area contributed by atoms with Crippen LogP contribution >= 0.6 is 0 Å². The summed E-state index contributed by atoms with van der Waals surface area (Å²) in [7, 11) is 3.28. The molecule has 0 aliphatic carbocycles. The van der Waals surface area contributed by atoms with Crippen molar-refractivity contribution in [1.29, 1.82) is 0 Å². The predicted octanol–water partition coefficient (Wildman–Crippen LogP) is 2.48. The first-order valence-electron chi connectivity index (χ1n) is 7.49. The van der Waals surface area contributed by atoms with Crippen LogP contribution in [0.15, 0.2) is 48.5 Å². The highest BCUT2D eigenvalue weighted by Crippen LogP contribution is 2.25. The Balaban J connectivity index is 0.000000351. The topological polar surface area (TPSA) is 77.4 Å². The third-order valence-electron chi connectivity index (χ3n) is 2.83. The van der Waals surface area contributed by atoms with E-state index in [0.717, 1.165) is 23.0 Å². The molecule has 0 aromatic heterocycles. The molecular weight excluding hydrogens is 312 g/mol. The van der Waals surface area contributed by atoms with Gasteiger partial charge in [0, 0.05) is 0 Å². The molecule has 0 spiro atoms. The minimum Gasteiger partial charge on any atom is -0.497 e. The SMILES string of the molecule is COc1ccc(Oc2ccc(OC)cc2)cc1.OCCOCCO. The maximum atomic E-state index is 8.09. The van der Waals surface area contributed by atoms with E-state index in [1.807, 2.05) is 48.5 Å². The van der Waals surface area contributed by atoms with Crippen molar-refractivity contribution in [3.8, 4) is 23.0 Å². The molecule has 0 aliphatic heterocycles. The fourth-order valence-electron chi connectivity index (χ4n) is 1.65. The van der Waals surface area contributed by atoms with Crippen molar-refractivity contribution in [2.24, 2.45) is 0 Å². The molecule has 6 nitrogen and oxygen atoms in total. The Labute approximate surface area is 142 Å². The second-order valence-electron chi connectivity index (χ2n) is 4.51. The zero-order chi connectivity index (χ0) is 17.6. The van der Waals surface area contributed by atoms with Crippen LogP contribution in [0, 0.1) is 0 Å². The summed E-state index contributed by atoms with van der Waals surface area (Å²) >= 11 is 0. The first kappa shape index (κ1) is 19.8. The average molecular weight is 336 g/mol. The summed E-state index contributed by atoms with van der Waals surface area (Å²) in [5.41, 5.74) is 0. The molecule has 132 valence electrons. The lowest BCUT2D eigenvalue weighted by molar-refractivity contribution is 0.0650.